The third-order valence-corrected chi connectivity index (χ3v) is 8.02. The molecule has 2 aliphatic rings. The van der Waals surface area contributed by atoms with Gasteiger partial charge in [0.15, 0.2) is 0 Å². The number of pyridine rings is 1. The van der Waals surface area contributed by atoms with E-state index >= 15 is 0 Å². The lowest BCUT2D eigenvalue weighted by molar-refractivity contribution is -0.122. The number of carbonyl (C=O) groups is 1. The lowest BCUT2D eigenvalue weighted by Crippen LogP contribution is -2.45. The number of benzene rings is 2. The number of piperidine rings is 1. The highest BCUT2D eigenvalue weighted by Crippen LogP contribution is 2.33. The fraction of sp³-hybridized carbons (Fsp3) is 0.310. The number of carbonyl (C=O) groups excluding carboxylic acids is 1. The van der Waals surface area contributed by atoms with Crippen molar-refractivity contribution in [2.45, 2.75) is 24.3 Å². The average molecular weight is 485 g/mol. The van der Waals surface area contributed by atoms with E-state index in [-0.39, 0.29) is 17.3 Å². The molecule has 6 heteroatoms. The van der Waals surface area contributed by atoms with Crippen LogP contribution >= 0.6 is 11.8 Å². The van der Waals surface area contributed by atoms with Gasteiger partial charge in [0.05, 0.1) is 11.4 Å². The van der Waals surface area contributed by atoms with Crippen molar-refractivity contribution in [3.8, 4) is 0 Å². The van der Waals surface area contributed by atoms with Crippen molar-refractivity contribution in [1.29, 1.82) is 0 Å². The van der Waals surface area contributed by atoms with Gasteiger partial charge in [-0.25, -0.2) is 0 Å². The van der Waals surface area contributed by atoms with E-state index in [4.69, 9.17) is 0 Å². The van der Waals surface area contributed by atoms with Crippen LogP contribution in [0.2, 0.25) is 0 Å². The van der Waals surface area contributed by atoms with Crippen LogP contribution in [0.15, 0.2) is 90.8 Å². The van der Waals surface area contributed by atoms with Crippen molar-refractivity contribution < 1.29 is 4.79 Å². The number of nitrogens with zero attached hydrogens (tertiary/aromatic N) is 2. The van der Waals surface area contributed by atoms with Crippen molar-refractivity contribution in [3.05, 3.63) is 107 Å². The fourth-order valence-electron chi connectivity index (χ4n) is 4.89. The summed E-state index contributed by atoms with van der Waals surface area (Å²) in [5, 5.41) is 6.72. The molecule has 0 bridgehead atoms. The third-order valence-electron chi connectivity index (χ3n) is 6.75. The largest absolute Gasteiger partial charge is 0.353 e. The number of hydrogen-bond donors (Lipinski definition) is 2. The lowest BCUT2D eigenvalue weighted by atomic mass is 9.88. The first kappa shape index (κ1) is 23.8. The van der Waals surface area contributed by atoms with Crippen molar-refractivity contribution in [3.63, 3.8) is 0 Å². The molecule has 0 aliphatic carbocycles. The van der Waals surface area contributed by atoms with Gasteiger partial charge in [0, 0.05) is 44.3 Å². The monoisotopic (exact) mass is 484 g/mol. The van der Waals surface area contributed by atoms with E-state index in [0.717, 1.165) is 43.8 Å². The molecule has 3 aromatic rings. The minimum atomic E-state index is -0.152. The molecule has 2 unspecified atom stereocenters. The Labute approximate surface area is 212 Å². The topological polar surface area (TPSA) is 57.3 Å². The van der Waals surface area contributed by atoms with Crippen LogP contribution in [-0.2, 0) is 4.79 Å². The number of aromatic nitrogens is 1. The summed E-state index contributed by atoms with van der Waals surface area (Å²) in [5.74, 6) is 0.877. The first-order valence-electron chi connectivity index (χ1n) is 12.4. The zero-order valence-electron chi connectivity index (χ0n) is 19.9. The summed E-state index contributed by atoms with van der Waals surface area (Å²) in [4.78, 5) is 19.3. The highest BCUT2D eigenvalue weighted by atomic mass is 32.2. The Bertz CT molecular complexity index is 1090. The molecule has 35 heavy (non-hydrogen) atoms. The van der Waals surface area contributed by atoms with Gasteiger partial charge in [0.25, 0.3) is 0 Å². The van der Waals surface area contributed by atoms with Gasteiger partial charge in [-0.3, -0.25) is 15.1 Å². The second kappa shape index (κ2) is 11.7. The Hall–Kier alpha value is -2.93. The van der Waals surface area contributed by atoms with Crippen LogP contribution in [-0.4, -0.2) is 53.8 Å². The molecule has 1 amide bonds. The van der Waals surface area contributed by atoms with E-state index in [1.807, 2.05) is 12.3 Å². The molecule has 1 aromatic heterocycles. The minimum Gasteiger partial charge on any atom is -0.353 e. The lowest BCUT2D eigenvalue weighted by Gasteiger charge is -2.30. The number of likely N-dealkylation sites (tertiary alicyclic amines) is 1. The molecule has 2 fully saturated rings. The highest BCUT2D eigenvalue weighted by Gasteiger charge is 2.30. The maximum atomic E-state index is 12.7. The summed E-state index contributed by atoms with van der Waals surface area (Å²) in [5.41, 5.74) is 6.61. The smallest absolute Gasteiger partial charge is 0.238 e. The second-order valence-electron chi connectivity index (χ2n) is 9.06. The summed E-state index contributed by atoms with van der Waals surface area (Å²) in [7, 11) is 0. The van der Waals surface area contributed by atoms with Crippen LogP contribution in [0.25, 0.3) is 5.57 Å². The van der Waals surface area contributed by atoms with E-state index in [9.17, 15) is 4.79 Å². The number of rotatable bonds is 7. The van der Waals surface area contributed by atoms with Crippen molar-refractivity contribution in [1.82, 2.24) is 20.5 Å². The Morgan fingerprint density at radius 2 is 1.66 bits per heavy atom. The SMILES string of the molecule is O=C(NCCN1CCC(=C(c2ccccc2)c2ccccc2)CC1)C1CSC(c2cccnc2)N1. The van der Waals surface area contributed by atoms with Gasteiger partial charge >= 0.3 is 0 Å². The summed E-state index contributed by atoms with van der Waals surface area (Å²) in [6.07, 6.45) is 5.75. The van der Waals surface area contributed by atoms with E-state index in [0.29, 0.717) is 6.54 Å². The predicted octanol–water partition coefficient (Wildman–Crippen LogP) is 4.50. The average Bonchev–Trinajstić information content (AvgIpc) is 3.42. The Kier molecular flexibility index (Phi) is 7.93. The zero-order valence-corrected chi connectivity index (χ0v) is 20.7. The maximum Gasteiger partial charge on any atom is 0.238 e. The molecule has 2 atom stereocenters. The van der Waals surface area contributed by atoms with Gasteiger partial charge in [-0.1, -0.05) is 72.3 Å². The van der Waals surface area contributed by atoms with Crippen LogP contribution in [0.4, 0.5) is 0 Å². The van der Waals surface area contributed by atoms with Gasteiger partial charge in [-0.05, 0) is 41.2 Å². The van der Waals surface area contributed by atoms with E-state index in [1.54, 1.807) is 18.0 Å². The van der Waals surface area contributed by atoms with Gasteiger partial charge in [-0.2, -0.15) is 0 Å². The van der Waals surface area contributed by atoms with Crippen molar-refractivity contribution >= 4 is 23.2 Å². The Balaban J connectivity index is 1.13. The molecule has 0 radical (unpaired) electrons. The first-order valence-corrected chi connectivity index (χ1v) is 13.4. The third kappa shape index (κ3) is 6.01. The molecular weight excluding hydrogens is 452 g/mol. The van der Waals surface area contributed by atoms with Gasteiger partial charge in [0.1, 0.15) is 0 Å². The molecule has 180 valence electrons. The van der Waals surface area contributed by atoms with E-state index < -0.39 is 0 Å². The van der Waals surface area contributed by atoms with Crippen LogP contribution in [0, 0.1) is 0 Å². The van der Waals surface area contributed by atoms with Gasteiger partial charge < -0.3 is 10.2 Å². The summed E-state index contributed by atoms with van der Waals surface area (Å²) < 4.78 is 0. The first-order chi connectivity index (χ1) is 17.3. The Morgan fingerprint density at radius 3 is 2.29 bits per heavy atom. The van der Waals surface area contributed by atoms with Gasteiger partial charge in [0.2, 0.25) is 5.91 Å². The van der Waals surface area contributed by atoms with Crippen molar-refractivity contribution in [2.75, 3.05) is 31.9 Å². The molecule has 2 N–H and O–H groups in total. The number of hydrogen-bond acceptors (Lipinski definition) is 5. The molecule has 2 aliphatic heterocycles. The Morgan fingerprint density at radius 1 is 0.971 bits per heavy atom. The van der Waals surface area contributed by atoms with Gasteiger partial charge in [-0.15, -0.1) is 11.8 Å². The standard InChI is InChI=1S/C29H32N4OS/c34-28(26-21-35-29(32-26)25-12-7-15-30-20-25)31-16-19-33-17-13-24(14-18-33)27(22-8-3-1-4-9-22)23-10-5-2-6-11-23/h1-12,15,20,26,29,32H,13-14,16-19,21H2,(H,31,34). The fourth-order valence-corrected chi connectivity index (χ4v) is 6.11. The minimum absolute atomic E-state index is 0.0944. The molecule has 0 saturated carbocycles. The van der Waals surface area contributed by atoms with Crippen LogP contribution in [0.5, 0.6) is 0 Å². The number of thioether (sulfide) groups is 1. The van der Waals surface area contributed by atoms with Crippen molar-refractivity contribution in [2.24, 2.45) is 0 Å². The van der Waals surface area contributed by atoms with E-state index in [2.05, 4.69) is 87.2 Å². The zero-order chi connectivity index (χ0) is 23.9. The van der Waals surface area contributed by atoms with Crippen LogP contribution < -0.4 is 10.6 Å². The number of amides is 1. The molecule has 5 rings (SSSR count). The predicted molar refractivity (Wildman–Crippen MR) is 144 cm³/mol. The van der Waals surface area contributed by atoms with Crippen LogP contribution in [0.3, 0.4) is 0 Å². The quantitative estimate of drug-likeness (QED) is 0.517. The van der Waals surface area contributed by atoms with E-state index in [1.165, 1.54) is 22.3 Å². The second-order valence-corrected chi connectivity index (χ2v) is 10.2. The molecule has 2 saturated heterocycles. The summed E-state index contributed by atoms with van der Waals surface area (Å²) in [6, 6.07) is 25.3. The normalized spacial score (nSPS) is 20.5. The molecular formula is C29H32N4OS. The molecule has 3 heterocycles. The van der Waals surface area contributed by atoms with Crippen LogP contribution in [0.1, 0.15) is 34.9 Å². The summed E-state index contributed by atoms with van der Waals surface area (Å²) in [6.45, 7) is 3.61. The highest BCUT2D eigenvalue weighted by molar-refractivity contribution is 7.99. The molecule has 0 spiro atoms. The molecule has 5 nitrogen and oxygen atoms in total. The molecule has 2 aromatic carbocycles. The summed E-state index contributed by atoms with van der Waals surface area (Å²) >= 11 is 1.77. The number of nitrogens with one attached hydrogen (secondary N) is 2. The maximum absolute atomic E-state index is 12.7.